The fourth-order valence-corrected chi connectivity index (χ4v) is 2.57. The third kappa shape index (κ3) is 1.78. The Morgan fingerprint density at radius 3 is 3.18 bits per heavy atom. The summed E-state index contributed by atoms with van der Waals surface area (Å²) >= 11 is 0. The van der Waals surface area contributed by atoms with E-state index in [-0.39, 0.29) is 6.04 Å². The van der Waals surface area contributed by atoms with Gasteiger partial charge in [-0.25, -0.2) is 0 Å². The molecular weight excluding hydrogens is 212 g/mol. The van der Waals surface area contributed by atoms with E-state index in [0.29, 0.717) is 0 Å². The number of amides is 1. The average molecular weight is 226 g/mol. The second kappa shape index (κ2) is 4.17. The first-order chi connectivity index (χ1) is 8.38. The molecule has 3 heteroatoms. The number of aromatic nitrogens is 1. The van der Waals surface area contributed by atoms with Crippen LogP contribution in [0.25, 0.3) is 10.9 Å². The molecule has 1 atom stereocenters. The minimum Gasteiger partial charge on any atom is -0.338 e. The van der Waals surface area contributed by atoms with E-state index in [1.54, 1.807) is 6.20 Å². The molecule has 1 aromatic carbocycles. The molecule has 1 aromatic heterocycles. The van der Waals surface area contributed by atoms with Crippen LogP contribution in [0.2, 0.25) is 0 Å². The van der Waals surface area contributed by atoms with Crippen LogP contribution in [0.15, 0.2) is 36.5 Å². The number of hydrogen-bond donors (Lipinski definition) is 0. The lowest BCUT2D eigenvalue weighted by molar-refractivity contribution is -0.118. The fraction of sp³-hybridized carbons (Fsp3) is 0.286. The minimum absolute atomic E-state index is 0.247. The third-order valence-electron chi connectivity index (χ3n) is 3.44. The molecule has 2 heterocycles. The van der Waals surface area contributed by atoms with Crippen LogP contribution >= 0.6 is 0 Å². The van der Waals surface area contributed by atoms with Gasteiger partial charge in [-0.05, 0) is 36.6 Å². The normalized spacial score (nSPS) is 19.8. The smallest absolute Gasteiger partial charge is 0.210 e. The van der Waals surface area contributed by atoms with Crippen LogP contribution in [0, 0.1) is 0 Å². The molecule has 1 amide bonds. The summed E-state index contributed by atoms with van der Waals surface area (Å²) in [5.74, 6) is 0. The number of benzene rings is 1. The number of rotatable bonds is 2. The maximum atomic E-state index is 11.0. The van der Waals surface area contributed by atoms with Crippen LogP contribution in [0.5, 0.6) is 0 Å². The van der Waals surface area contributed by atoms with E-state index in [0.717, 1.165) is 36.7 Å². The van der Waals surface area contributed by atoms with Crippen molar-refractivity contribution in [2.45, 2.75) is 18.9 Å². The van der Waals surface area contributed by atoms with Crippen molar-refractivity contribution in [2.75, 3.05) is 6.54 Å². The fourth-order valence-electron chi connectivity index (χ4n) is 2.57. The summed E-state index contributed by atoms with van der Waals surface area (Å²) in [5.41, 5.74) is 2.22. The molecule has 0 bridgehead atoms. The third-order valence-corrected chi connectivity index (χ3v) is 3.44. The lowest BCUT2D eigenvalue weighted by atomic mass is 10.0. The minimum atomic E-state index is 0.247. The summed E-state index contributed by atoms with van der Waals surface area (Å²) in [7, 11) is 0. The first-order valence-electron chi connectivity index (χ1n) is 5.94. The summed E-state index contributed by atoms with van der Waals surface area (Å²) < 4.78 is 0. The second-order valence-corrected chi connectivity index (χ2v) is 4.46. The highest BCUT2D eigenvalue weighted by molar-refractivity contribution is 5.79. The standard InChI is InChI=1S/C14H14N2O/c17-10-16-8-2-4-14(16)12-5-6-13-11(9-12)3-1-7-15-13/h1,3,5-7,9-10,14H,2,4,8H2/t14-/m1/s1. The first kappa shape index (κ1) is 10.3. The molecular formula is C14H14N2O. The van der Waals surface area contributed by atoms with Gasteiger partial charge in [0, 0.05) is 18.1 Å². The zero-order chi connectivity index (χ0) is 11.7. The van der Waals surface area contributed by atoms with Crippen LogP contribution in [-0.4, -0.2) is 22.8 Å². The molecule has 17 heavy (non-hydrogen) atoms. The molecule has 0 saturated carbocycles. The van der Waals surface area contributed by atoms with E-state index in [4.69, 9.17) is 0 Å². The number of hydrogen-bond acceptors (Lipinski definition) is 2. The van der Waals surface area contributed by atoms with Gasteiger partial charge in [-0.15, -0.1) is 0 Å². The van der Waals surface area contributed by atoms with Gasteiger partial charge in [-0.3, -0.25) is 9.78 Å². The Bertz CT molecular complexity index is 553. The molecule has 86 valence electrons. The lowest BCUT2D eigenvalue weighted by Gasteiger charge is -2.20. The Balaban J connectivity index is 2.02. The van der Waals surface area contributed by atoms with Gasteiger partial charge in [0.1, 0.15) is 0 Å². The van der Waals surface area contributed by atoms with Crippen LogP contribution in [0.1, 0.15) is 24.4 Å². The quantitative estimate of drug-likeness (QED) is 0.737. The van der Waals surface area contributed by atoms with E-state index >= 15 is 0 Å². The predicted molar refractivity (Wildman–Crippen MR) is 66.5 cm³/mol. The van der Waals surface area contributed by atoms with Crippen molar-refractivity contribution in [2.24, 2.45) is 0 Å². The van der Waals surface area contributed by atoms with Crippen molar-refractivity contribution >= 4 is 17.3 Å². The van der Waals surface area contributed by atoms with Crippen LogP contribution in [-0.2, 0) is 4.79 Å². The van der Waals surface area contributed by atoms with Crippen molar-refractivity contribution in [1.29, 1.82) is 0 Å². The van der Waals surface area contributed by atoms with Gasteiger partial charge in [-0.1, -0.05) is 12.1 Å². The highest BCUT2D eigenvalue weighted by atomic mass is 16.1. The Morgan fingerprint density at radius 1 is 1.35 bits per heavy atom. The highest BCUT2D eigenvalue weighted by Crippen LogP contribution is 2.31. The molecule has 0 unspecified atom stereocenters. The van der Waals surface area contributed by atoms with Gasteiger partial charge in [-0.2, -0.15) is 0 Å². The summed E-state index contributed by atoms with van der Waals surface area (Å²) in [6.45, 7) is 0.874. The van der Waals surface area contributed by atoms with Crippen molar-refractivity contribution in [1.82, 2.24) is 9.88 Å². The van der Waals surface area contributed by atoms with Gasteiger partial charge < -0.3 is 4.90 Å². The van der Waals surface area contributed by atoms with E-state index in [1.165, 1.54) is 5.56 Å². The number of fused-ring (bicyclic) bond motifs is 1. The van der Waals surface area contributed by atoms with Crippen molar-refractivity contribution < 1.29 is 4.79 Å². The van der Waals surface area contributed by atoms with Gasteiger partial charge >= 0.3 is 0 Å². The number of carbonyl (C=O) groups excluding carboxylic acids is 1. The SMILES string of the molecule is O=CN1CCC[C@@H]1c1ccc2ncccc2c1. The maximum absolute atomic E-state index is 11.0. The van der Waals surface area contributed by atoms with Crippen molar-refractivity contribution in [3.05, 3.63) is 42.1 Å². The molecule has 3 rings (SSSR count). The molecule has 2 aromatic rings. The Kier molecular flexibility index (Phi) is 2.52. The van der Waals surface area contributed by atoms with Crippen LogP contribution in [0.3, 0.4) is 0 Å². The molecule has 1 saturated heterocycles. The van der Waals surface area contributed by atoms with Crippen LogP contribution in [0.4, 0.5) is 0 Å². The van der Waals surface area contributed by atoms with Gasteiger partial charge in [0.2, 0.25) is 6.41 Å². The largest absolute Gasteiger partial charge is 0.338 e. The molecule has 1 fully saturated rings. The Hall–Kier alpha value is -1.90. The van der Waals surface area contributed by atoms with Gasteiger partial charge in [0.25, 0.3) is 0 Å². The molecule has 3 nitrogen and oxygen atoms in total. The Morgan fingerprint density at radius 2 is 2.29 bits per heavy atom. The number of likely N-dealkylation sites (tertiary alicyclic amines) is 1. The monoisotopic (exact) mass is 226 g/mol. The second-order valence-electron chi connectivity index (χ2n) is 4.46. The van der Waals surface area contributed by atoms with E-state index in [1.807, 2.05) is 17.0 Å². The zero-order valence-electron chi connectivity index (χ0n) is 9.54. The van der Waals surface area contributed by atoms with E-state index < -0.39 is 0 Å². The molecule has 0 radical (unpaired) electrons. The summed E-state index contributed by atoms with van der Waals surface area (Å²) in [5, 5.41) is 1.14. The maximum Gasteiger partial charge on any atom is 0.210 e. The number of pyridine rings is 1. The first-order valence-corrected chi connectivity index (χ1v) is 5.94. The molecule has 0 aliphatic carbocycles. The molecule has 0 spiro atoms. The van der Waals surface area contributed by atoms with Gasteiger partial charge in [0.15, 0.2) is 0 Å². The van der Waals surface area contributed by atoms with E-state index in [2.05, 4.69) is 23.2 Å². The molecule has 0 N–H and O–H groups in total. The topological polar surface area (TPSA) is 33.2 Å². The lowest BCUT2D eigenvalue weighted by Crippen LogP contribution is -2.20. The summed E-state index contributed by atoms with van der Waals surface area (Å²) in [6, 6.07) is 10.5. The predicted octanol–water partition coefficient (Wildman–Crippen LogP) is 2.53. The number of nitrogens with zero attached hydrogens (tertiary/aromatic N) is 2. The average Bonchev–Trinajstić information content (AvgIpc) is 2.86. The number of carbonyl (C=O) groups is 1. The molecule has 1 aliphatic heterocycles. The highest BCUT2D eigenvalue weighted by Gasteiger charge is 2.24. The van der Waals surface area contributed by atoms with Gasteiger partial charge in [0.05, 0.1) is 11.6 Å². The molecule has 1 aliphatic rings. The van der Waals surface area contributed by atoms with E-state index in [9.17, 15) is 4.79 Å². The summed E-state index contributed by atoms with van der Waals surface area (Å²) in [6.07, 6.45) is 4.92. The summed E-state index contributed by atoms with van der Waals surface area (Å²) in [4.78, 5) is 17.2. The van der Waals surface area contributed by atoms with Crippen molar-refractivity contribution in [3.63, 3.8) is 0 Å². The Labute approximate surface area is 100 Å². The van der Waals surface area contributed by atoms with Crippen molar-refractivity contribution in [3.8, 4) is 0 Å². The zero-order valence-corrected chi connectivity index (χ0v) is 9.54. The van der Waals surface area contributed by atoms with Crippen LogP contribution < -0.4 is 0 Å².